The van der Waals surface area contributed by atoms with Gasteiger partial charge in [-0.15, -0.1) is 0 Å². The Morgan fingerprint density at radius 2 is 1.70 bits per heavy atom. The molecule has 0 aromatic heterocycles. The van der Waals surface area contributed by atoms with Crippen LogP contribution in [0.3, 0.4) is 0 Å². The Bertz CT molecular complexity index is 649. The lowest BCUT2D eigenvalue weighted by Crippen LogP contribution is -2.05. The molecule has 0 aliphatic heterocycles. The van der Waals surface area contributed by atoms with Gasteiger partial charge in [0.1, 0.15) is 0 Å². The van der Waals surface area contributed by atoms with Gasteiger partial charge in [-0.1, -0.05) is 35.9 Å². The Kier molecular flexibility index (Phi) is 3.80. The predicted molar refractivity (Wildman–Crippen MR) is 70.9 cm³/mol. The molecule has 0 N–H and O–H groups in total. The molecule has 0 bridgehead atoms. The molecule has 0 heterocycles. The highest BCUT2D eigenvalue weighted by molar-refractivity contribution is 5.69. The summed E-state index contributed by atoms with van der Waals surface area (Å²) in [5.41, 5.74) is 2.08. The van der Waals surface area contributed by atoms with Gasteiger partial charge in [-0.25, -0.2) is 0 Å². The second-order valence-corrected chi connectivity index (χ2v) is 4.57. The van der Waals surface area contributed by atoms with E-state index in [1.807, 2.05) is 25.1 Å². The fourth-order valence-corrected chi connectivity index (χ4v) is 1.99. The molecule has 2 rings (SSSR count). The second kappa shape index (κ2) is 5.38. The average Bonchev–Trinajstić information content (AvgIpc) is 2.39. The van der Waals surface area contributed by atoms with Crippen molar-refractivity contribution in [2.45, 2.75) is 19.5 Å². The fraction of sp³-hybridized carbons (Fsp3) is 0.188. The van der Waals surface area contributed by atoms with Gasteiger partial charge in [0, 0.05) is 0 Å². The van der Waals surface area contributed by atoms with Crippen LogP contribution in [0.2, 0.25) is 0 Å². The van der Waals surface area contributed by atoms with E-state index in [1.165, 1.54) is 6.07 Å². The summed E-state index contributed by atoms with van der Waals surface area (Å²) >= 11 is 0. The maximum atomic E-state index is 12.8. The van der Waals surface area contributed by atoms with Gasteiger partial charge >= 0.3 is 6.18 Å². The summed E-state index contributed by atoms with van der Waals surface area (Å²) < 4.78 is 38.4. The molecule has 0 saturated carbocycles. The normalized spacial score (nSPS) is 11.2. The second-order valence-electron chi connectivity index (χ2n) is 4.57. The lowest BCUT2D eigenvalue weighted by molar-refractivity contribution is -0.137. The van der Waals surface area contributed by atoms with E-state index in [-0.39, 0.29) is 6.42 Å². The van der Waals surface area contributed by atoms with Crippen LogP contribution in [-0.2, 0) is 12.6 Å². The van der Waals surface area contributed by atoms with Crippen LogP contribution >= 0.6 is 0 Å². The lowest BCUT2D eigenvalue weighted by atomic mass is 9.95. The van der Waals surface area contributed by atoms with Crippen LogP contribution in [0.25, 0.3) is 11.1 Å². The smallest absolute Gasteiger partial charge is 0.198 e. The number of nitriles is 1. The van der Waals surface area contributed by atoms with Gasteiger partial charge < -0.3 is 0 Å². The van der Waals surface area contributed by atoms with Crippen LogP contribution in [0.4, 0.5) is 13.2 Å². The molecule has 0 atom stereocenters. The predicted octanol–water partition coefficient (Wildman–Crippen LogP) is 4.75. The SMILES string of the molecule is Cc1ccc(-c2cc(C(F)(F)F)ccc2CC#N)cc1. The van der Waals surface area contributed by atoms with Gasteiger partial charge in [0.15, 0.2) is 0 Å². The average molecular weight is 275 g/mol. The van der Waals surface area contributed by atoms with Gasteiger partial charge in [-0.3, -0.25) is 0 Å². The van der Waals surface area contributed by atoms with Crippen molar-refractivity contribution in [2.75, 3.05) is 0 Å². The third kappa shape index (κ3) is 3.00. The van der Waals surface area contributed by atoms with E-state index in [4.69, 9.17) is 5.26 Å². The Hall–Kier alpha value is -2.28. The lowest BCUT2D eigenvalue weighted by Gasteiger charge is -2.12. The summed E-state index contributed by atoms with van der Waals surface area (Å²) in [6.07, 6.45) is -4.30. The summed E-state index contributed by atoms with van der Waals surface area (Å²) in [5, 5.41) is 8.79. The zero-order valence-electron chi connectivity index (χ0n) is 10.8. The van der Waals surface area contributed by atoms with Crippen molar-refractivity contribution in [3.05, 3.63) is 59.2 Å². The van der Waals surface area contributed by atoms with Crippen molar-refractivity contribution >= 4 is 0 Å². The highest BCUT2D eigenvalue weighted by atomic mass is 19.4. The molecule has 20 heavy (non-hydrogen) atoms. The van der Waals surface area contributed by atoms with E-state index >= 15 is 0 Å². The van der Waals surface area contributed by atoms with Gasteiger partial charge in [0.2, 0.25) is 0 Å². The first-order valence-electron chi connectivity index (χ1n) is 6.06. The Morgan fingerprint density at radius 1 is 1.05 bits per heavy atom. The van der Waals surface area contributed by atoms with E-state index in [0.29, 0.717) is 16.7 Å². The zero-order valence-corrected chi connectivity index (χ0v) is 10.8. The van der Waals surface area contributed by atoms with Crippen LogP contribution in [0.1, 0.15) is 16.7 Å². The van der Waals surface area contributed by atoms with Gasteiger partial charge in [0.05, 0.1) is 18.1 Å². The van der Waals surface area contributed by atoms with E-state index in [0.717, 1.165) is 17.7 Å². The van der Waals surface area contributed by atoms with Crippen molar-refractivity contribution in [3.8, 4) is 17.2 Å². The van der Waals surface area contributed by atoms with Crippen LogP contribution < -0.4 is 0 Å². The fourth-order valence-electron chi connectivity index (χ4n) is 1.99. The van der Waals surface area contributed by atoms with Gasteiger partial charge in [-0.2, -0.15) is 18.4 Å². The standard InChI is InChI=1S/C16H12F3N/c1-11-2-4-12(5-3-11)15-10-14(16(17,18)19)7-6-13(15)8-9-20/h2-7,10H,8H2,1H3. The molecule has 0 saturated heterocycles. The third-order valence-electron chi connectivity index (χ3n) is 3.07. The first-order chi connectivity index (χ1) is 9.41. The monoisotopic (exact) mass is 275 g/mol. The first kappa shape index (κ1) is 14.1. The zero-order chi connectivity index (χ0) is 14.8. The molecule has 0 aliphatic rings. The molecule has 0 amide bonds. The van der Waals surface area contributed by atoms with E-state index in [9.17, 15) is 13.2 Å². The van der Waals surface area contributed by atoms with Gasteiger partial charge in [0.25, 0.3) is 0 Å². The van der Waals surface area contributed by atoms with Crippen molar-refractivity contribution in [1.82, 2.24) is 0 Å². The molecule has 2 aromatic carbocycles. The highest BCUT2D eigenvalue weighted by Crippen LogP contribution is 2.34. The summed E-state index contributed by atoms with van der Waals surface area (Å²) in [4.78, 5) is 0. The highest BCUT2D eigenvalue weighted by Gasteiger charge is 2.31. The van der Waals surface area contributed by atoms with Crippen LogP contribution in [0.5, 0.6) is 0 Å². The molecule has 1 nitrogen and oxygen atoms in total. The van der Waals surface area contributed by atoms with E-state index < -0.39 is 11.7 Å². The molecule has 4 heteroatoms. The van der Waals surface area contributed by atoms with Gasteiger partial charge in [-0.05, 0) is 35.7 Å². The minimum Gasteiger partial charge on any atom is -0.198 e. The number of hydrogen-bond donors (Lipinski definition) is 0. The molecule has 0 aliphatic carbocycles. The molecule has 0 unspecified atom stereocenters. The van der Waals surface area contributed by atoms with Crippen LogP contribution in [0, 0.1) is 18.3 Å². The van der Waals surface area contributed by atoms with Crippen LogP contribution in [-0.4, -0.2) is 0 Å². The van der Waals surface area contributed by atoms with Crippen molar-refractivity contribution in [1.29, 1.82) is 5.26 Å². The van der Waals surface area contributed by atoms with E-state index in [1.54, 1.807) is 12.1 Å². The molecule has 2 aromatic rings. The summed E-state index contributed by atoms with van der Waals surface area (Å²) in [7, 11) is 0. The maximum Gasteiger partial charge on any atom is 0.416 e. The third-order valence-corrected chi connectivity index (χ3v) is 3.07. The molecular weight excluding hydrogens is 263 g/mol. The quantitative estimate of drug-likeness (QED) is 0.776. The maximum absolute atomic E-state index is 12.8. The number of benzene rings is 2. The summed E-state index contributed by atoms with van der Waals surface area (Å²) in [6.45, 7) is 1.91. The molecule has 102 valence electrons. The molecule has 0 spiro atoms. The van der Waals surface area contributed by atoms with Crippen molar-refractivity contribution in [3.63, 3.8) is 0 Å². The number of alkyl halides is 3. The Labute approximate surface area is 115 Å². The Balaban J connectivity index is 2.58. The largest absolute Gasteiger partial charge is 0.416 e. The summed E-state index contributed by atoms with van der Waals surface area (Å²) in [5.74, 6) is 0. The number of halogens is 3. The molecule has 0 fully saturated rings. The molecule has 0 radical (unpaired) electrons. The topological polar surface area (TPSA) is 23.8 Å². The minimum absolute atomic E-state index is 0.0847. The van der Waals surface area contributed by atoms with E-state index in [2.05, 4.69) is 0 Å². The number of hydrogen-bond acceptors (Lipinski definition) is 1. The molecular formula is C16H12F3N. The first-order valence-corrected chi connectivity index (χ1v) is 6.06. The number of aryl methyl sites for hydroxylation is 1. The van der Waals surface area contributed by atoms with Crippen molar-refractivity contribution < 1.29 is 13.2 Å². The summed E-state index contributed by atoms with van der Waals surface area (Å²) in [6, 6.07) is 12.7. The Morgan fingerprint density at radius 3 is 2.25 bits per heavy atom. The number of rotatable bonds is 2. The van der Waals surface area contributed by atoms with Crippen LogP contribution in [0.15, 0.2) is 42.5 Å². The van der Waals surface area contributed by atoms with Crippen molar-refractivity contribution in [2.24, 2.45) is 0 Å². The minimum atomic E-state index is -4.38. The number of nitrogens with zero attached hydrogens (tertiary/aromatic N) is 1.